The van der Waals surface area contributed by atoms with Gasteiger partial charge in [0.05, 0.1) is 0 Å². The lowest BCUT2D eigenvalue weighted by Gasteiger charge is -2.37. The van der Waals surface area contributed by atoms with Crippen molar-refractivity contribution in [2.75, 3.05) is 13.6 Å². The molecule has 2 aromatic rings. The third kappa shape index (κ3) is 2.62. The molecule has 2 N–H and O–H groups in total. The highest BCUT2D eigenvalue weighted by atomic mass is 15.2. The zero-order valence-corrected chi connectivity index (χ0v) is 12.0. The van der Waals surface area contributed by atoms with E-state index in [1.807, 2.05) is 6.07 Å². The van der Waals surface area contributed by atoms with E-state index in [-0.39, 0.29) is 6.04 Å². The van der Waals surface area contributed by atoms with Crippen molar-refractivity contribution in [2.24, 2.45) is 5.73 Å². The quantitative estimate of drug-likeness (QED) is 0.902. The first-order chi connectivity index (χ1) is 9.75. The van der Waals surface area contributed by atoms with Gasteiger partial charge in [-0.3, -0.25) is 4.90 Å². The number of hydrogen-bond donors (Lipinski definition) is 1. The summed E-state index contributed by atoms with van der Waals surface area (Å²) in [5.41, 5.74) is 10.2. The van der Waals surface area contributed by atoms with Crippen molar-refractivity contribution < 1.29 is 0 Å². The van der Waals surface area contributed by atoms with Crippen LogP contribution in [-0.4, -0.2) is 24.5 Å². The second-order valence-electron chi connectivity index (χ2n) is 5.72. The smallest absolute Gasteiger partial charge is 0.0496 e. The van der Waals surface area contributed by atoms with E-state index in [9.17, 15) is 0 Å². The van der Waals surface area contributed by atoms with E-state index in [4.69, 9.17) is 5.73 Å². The van der Waals surface area contributed by atoms with Gasteiger partial charge >= 0.3 is 0 Å². The average molecular weight is 266 g/mol. The Hall–Kier alpha value is -1.64. The molecule has 1 heterocycles. The minimum Gasteiger partial charge on any atom is -0.326 e. The third-order valence-electron chi connectivity index (χ3n) is 4.29. The maximum atomic E-state index is 6.31. The van der Waals surface area contributed by atoms with Gasteiger partial charge in [-0.1, -0.05) is 54.6 Å². The predicted octanol–water partition coefficient (Wildman–Crippen LogP) is 3.45. The van der Waals surface area contributed by atoms with Gasteiger partial charge in [-0.2, -0.15) is 0 Å². The fourth-order valence-electron chi connectivity index (χ4n) is 3.21. The second kappa shape index (κ2) is 5.78. The monoisotopic (exact) mass is 266 g/mol. The summed E-state index contributed by atoms with van der Waals surface area (Å²) in [6, 6.07) is 20.0. The molecule has 2 aromatic carbocycles. The molecule has 0 aromatic heterocycles. The summed E-state index contributed by atoms with van der Waals surface area (Å²) in [6.07, 6.45) is 2.33. The zero-order valence-electron chi connectivity index (χ0n) is 12.0. The SMILES string of the molecule is CN1CCCC(N)C1c1ccc(-c2ccccc2)cc1. The highest BCUT2D eigenvalue weighted by Crippen LogP contribution is 2.30. The molecular formula is C18H22N2. The molecule has 1 aliphatic heterocycles. The molecule has 1 saturated heterocycles. The molecule has 0 radical (unpaired) electrons. The van der Waals surface area contributed by atoms with Crippen LogP contribution in [-0.2, 0) is 0 Å². The van der Waals surface area contributed by atoms with Gasteiger partial charge in [0.25, 0.3) is 0 Å². The molecule has 2 unspecified atom stereocenters. The van der Waals surface area contributed by atoms with Crippen molar-refractivity contribution in [3.8, 4) is 11.1 Å². The van der Waals surface area contributed by atoms with Crippen LogP contribution in [0.4, 0.5) is 0 Å². The van der Waals surface area contributed by atoms with Crippen molar-refractivity contribution in [3.63, 3.8) is 0 Å². The van der Waals surface area contributed by atoms with Crippen LogP contribution in [0.25, 0.3) is 11.1 Å². The summed E-state index contributed by atoms with van der Waals surface area (Å²) in [4.78, 5) is 2.38. The molecule has 3 rings (SSSR count). The van der Waals surface area contributed by atoms with E-state index in [0.29, 0.717) is 6.04 Å². The lowest BCUT2D eigenvalue weighted by atomic mass is 9.90. The fourth-order valence-corrected chi connectivity index (χ4v) is 3.21. The Kier molecular flexibility index (Phi) is 3.86. The van der Waals surface area contributed by atoms with Gasteiger partial charge in [0.1, 0.15) is 0 Å². The molecule has 0 saturated carbocycles. The summed E-state index contributed by atoms with van der Waals surface area (Å²) < 4.78 is 0. The predicted molar refractivity (Wildman–Crippen MR) is 84.5 cm³/mol. The molecule has 0 spiro atoms. The molecule has 20 heavy (non-hydrogen) atoms. The second-order valence-corrected chi connectivity index (χ2v) is 5.72. The van der Waals surface area contributed by atoms with E-state index < -0.39 is 0 Å². The Balaban J connectivity index is 1.86. The fraction of sp³-hybridized carbons (Fsp3) is 0.333. The number of likely N-dealkylation sites (tertiary alicyclic amines) is 1. The van der Waals surface area contributed by atoms with Gasteiger partial charge in [0.15, 0.2) is 0 Å². The summed E-state index contributed by atoms with van der Waals surface area (Å²) in [6.45, 7) is 1.14. The lowest BCUT2D eigenvalue weighted by Crippen LogP contribution is -2.43. The van der Waals surface area contributed by atoms with Crippen LogP contribution in [0.1, 0.15) is 24.4 Å². The molecule has 104 valence electrons. The first-order valence-corrected chi connectivity index (χ1v) is 7.37. The van der Waals surface area contributed by atoms with Crippen LogP contribution < -0.4 is 5.73 Å². The van der Waals surface area contributed by atoms with Crippen LogP contribution in [0.5, 0.6) is 0 Å². The maximum absolute atomic E-state index is 6.31. The Morgan fingerprint density at radius 1 is 0.950 bits per heavy atom. The van der Waals surface area contributed by atoms with Gasteiger partial charge in [-0.15, -0.1) is 0 Å². The Labute approximate surface area is 121 Å². The van der Waals surface area contributed by atoms with Crippen molar-refractivity contribution in [3.05, 3.63) is 60.2 Å². The zero-order chi connectivity index (χ0) is 13.9. The van der Waals surface area contributed by atoms with Crippen molar-refractivity contribution in [1.82, 2.24) is 4.90 Å². The van der Waals surface area contributed by atoms with Crippen LogP contribution in [0.3, 0.4) is 0 Å². The minimum atomic E-state index is 0.247. The van der Waals surface area contributed by atoms with Crippen LogP contribution in [0.2, 0.25) is 0 Å². The first kappa shape index (κ1) is 13.3. The largest absolute Gasteiger partial charge is 0.326 e. The topological polar surface area (TPSA) is 29.3 Å². The molecule has 2 nitrogen and oxygen atoms in total. The summed E-state index contributed by atoms with van der Waals surface area (Å²) >= 11 is 0. The Bertz CT molecular complexity index is 537. The molecule has 1 fully saturated rings. The highest BCUT2D eigenvalue weighted by Gasteiger charge is 2.27. The molecule has 2 heteroatoms. The summed E-state index contributed by atoms with van der Waals surface area (Å²) in [5.74, 6) is 0. The number of rotatable bonds is 2. The normalized spacial score (nSPS) is 23.7. The van der Waals surface area contributed by atoms with Crippen molar-refractivity contribution in [1.29, 1.82) is 0 Å². The van der Waals surface area contributed by atoms with Gasteiger partial charge in [-0.05, 0) is 43.1 Å². The number of likely N-dealkylation sites (N-methyl/N-ethyl adjacent to an activating group) is 1. The number of piperidine rings is 1. The number of benzene rings is 2. The Morgan fingerprint density at radius 2 is 1.60 bits per heavy atom. The van der Waals surface area contributed by atoms with E-state index in [1.165, 1.54) is 23.1 Å². The van der Waals surface area contributed by atoms with Gasteiger partial charge in [0, 0.05) is 12.1 Å². The van der Waals surface area contributed by atoms with Gasteiger partial charge in [-0.25, -0.2) is 0 Å². The average Bonchev–Trinajstić information content (AvgIpc) is 2.49. The van der Waals surface area contributed by atoms with Crippen LogP contribution in [0.15, 0.2) is 54.6 Å². The number of hydrogen-bond acceptors (Lipinski definition) is 2. The van der Waals surface area contributed by atoms with Crippen LogP contribution >= 0.6 is 0 Å². The maximum Gasteiger partial charge on any atom is 0.0496 e. The van der Waals surface area contributed by atoms with Crippen LogP contribution in [0, 0.1) is 0 Å². The standard InChI is InChI=1S/C18H22N2/c1-20-13-5-8-17(19)18(20)16-11-9-15(10-12-16)14-6-3-2-4-7-14/h2-4,6-7,9-12,17-18H,5,8,13,19H2,1H3. The minimum absolute atomic E-state index is 0.247. The van der Waals surface area contributed by atoms with E-state index >= 15 is 0 Å². The first-order valence-electron chi connectivity index (χ1n) is 7.37. The van der Waals surface area contributed by atoms with Gasteiger partial charge in [0.2, 0.25) is 0 Å². The molecular weight excluding hydrogens is 244 g/mol. The van der Waals surface area contributed by atoms with Gasteiger partial charge < -0.3 is 5.73 Å². The van der Waals surface area contributed by atoms with E-state index in [2.05, 4.69) is 60.5 Å². The lowest BCUT2D eigenvalue weighted by molar-refractivity contribution is 0.163. The molecule has 0 amide bonds. The molecule has 1 aliphatic rings. The molecule has 2 atom stereocenters. The van der Waals surface area contributed by atoms with E-state index in [1.54, 1.807) is 0 Å². The molecule has 0 bridgehead atoms. The molecule has 0 aliphatic carbocycles. The third-order valence-corrected chi connectivity index (χ3v) is 4.29. The highest BCUT2D eigenvalue weighted by molar-refractivity contribution is 5.63. The van der Waals surface area contributed by atoms with E-state index in [0.717, 1.165) is 13.0 Å². The Morgan fingerprint density at radius 3 is 2.25 bits per heavy atom. The van der Waals surface area contributed by atoms with Crippen molar-refractivity contribution in [2.45, 2.75) is 24.9 Å². The summed E-state index contributed by atoms with van der Waals surface area (Å²) in [5, 5.41) is 0. The number of nitrogens with two attached hydrogens (primary N) is 1. The summed E-state index contributed by atoms with van der Waals surface area (Å²) in [7, 11) is 2.18. The van der Waals surface area contributed by atoms with Crippen molar-refractivity contribution >= 4 is 0 Å². The number of nitrogens with zero attached hydrogens (tertiary/aromatic N) is 1.